The van der Waals surface area contributed by atoms with Crippen molar-refractivity contribution in [1.29, 1.82) is 0 Å². The van der Waals surface area contributed by atoms with Crippen molar-refractivity contribution in [3.8, 4) is 0 Å². The summed E-state index contributed by atoms with van der Waals surface area (Å²) < 4.78 is 2.13. The lowest BCUT2D eigenvalue weighted by Gasteiger charge is -2.09. The Morgan fingerprint density at radius 2 is 1.75 bits per heavy atom. The first-order chi connectivity index (χ1) is 11.6. The maximum atomic E-state index is 12.3. The van der Waals surface area contributed by atoms with E-state index >= 15 is 0 Å². The van der Waals surface area contributed by atoms with Gasteiger partial charge in [-0.1, -0.05) is 44.2 Å². The lowest BCUT2D eigenvalue weighted by molar-refractivity contribution is 0.262. The molecule has 0 fully saturated rings. The number of urea groups is 1. The van der Waals surface area contributed by atoms with Crippen LogP contribution in [-0.4, -0.2) is 10.6 Å². The lowest BCUT2D eigenvalue weighted by atomic mass is 10.0. The second kappa shape index (κ2) is 6.79. The van der Waals surface area contributed by atoms with Crippen molar-refractivity contribution in [2.75, 3.05) is 10.6 Å². The Bertz CT molecular complexity index is 847. The first-order valence-electron chi connectivity index (χ1n) is 8.34. The maximum absolute atomic E-state index is 12.3. The number of amides is 2. The van der Waals surface area contributed by atoms with Gasteiger partial charge in [-0.3, -0.25) is 0 Å². The molecule has 4 heteroatoms. The maximum Gasteiger partial charge on any atom is 0.323 e. The van der Waals surface area contributed by atoms with Gasteiger partial charge in [0.2, 0.25) is 0 Å². The van der Waals surface area contributed by atoms with Crippen molar-refractivity contribution < 1.29 is 4.79 Å². The monoisotopic (exact) mass is 321 g/mol. The summed E-state index contributed by atoms with van der Waals surface area (Å²) in [6.45, 7) is 7.25. The normalized spacial score (nSPS) is 11.0. The summed E-state index contributed by atoms with van der Waals surface area (Å²) >= 11 is 0. The highest BCUT2D eigenvalue weighted by Crippen LogP contribution is 2.26. The average Bonchev–Trinajstić information content (AvgIpc) is 2.93. The van der Waals surface area contributed by atoms with E-state index in [0.29, 0.717) is 5.92 Å². The van der Waals surface area contributed by atoms with Crippen LogP contribution in [0.4, 0.5) is 16.2 Å². The first kappa shape index (κ1) is 16.1. The summed E-state index contributed by atoms with van der Waals surface area (Å²) in [5.74, 6) is 0.480. The molecular formula is C20H23N3O. The molecule has 24 heavy (non-hydrogen) atoms. The third-order valence-electron chi connectivity index (χ3n) is 4.21. The van der Waals surface area contributed by atoms with Gasteiger partial charge in [-0.15, -0.1) is 0 Å². The fraction of sp³-hybridized carbons (Fsp3) is 0.250. The molecule has 3 aromatic rings. The second-order valence-electron chi connectivity index (χ2n) is 6.20. The van der Waals surface area contributed by atoms with Crippen LogP contribution in [-0.2, 0) is 6.54 Å². The number of hydrogen-bond donors (Lipinski definition) is 2. The number of anilines is 2. The van der Waals surface area contributed by atoms with Crippen molar-refractivity contribution in [3.63, 3.8) is 0 Å². The number of benzene rings is 2. The third-order valence-corrected chi connectivity index (χ3v) is 4.21. The van der Waals surface area contributed by atoms with Crippen molar-refractivity contribution in [2.45, 2.75) is 33.2 Å². The minimum Gasteiger partial charge on any atom is -0.346 e. The number of hydrogen-bond acceptors (Lipinski definition) is 1. The fourth-order valence-corrected chi connectivity index (χ4v) is 2.84. The number of rotatable bonds is 4. The molecular weight excluding hydrogens is 298 g/mol. The smallest absolute Gasteiger partial charge is 0.323 e. The number of nitrogens with zero attached hydrogens (tertiary/aromatic N) is 1. The summed E-state index contributed by atoms with van der Waals surface area (Å²) in [6.07, 6.45) is 1.98. The van der Waals surface area contributed by atoms with Crippen molar-refractivity contribution in [2.24, 2.45) is 0 Å². The third kappa shape index (κ3) is 3.27. The predicted molar refractivity (Wildman–Crippen MR) is 101 cm³/mol. The summed E-state index contributed by atoms with van der Waals surface area (Å²) in [5.41, 5.74) is 3.99. The van der Waals surface area contributed by atoms with Crippen LogP contribution in [0.3, 0.4) is 0 Å². The van der Waals surface area contributed by atoms with Crippen molar-refractivity contribution in [1.82, 2.24) is 4.57 Å². The van der Waals surface area contributed by atoms with E-state index in [0.717, 1.165) is 28.8 Å². The number of fused-ring (bicyclic) bond motifs is 1. The molecule has 0 bridgehead atoms. The van der Waals surface area contributed by atoms with Crippen LogP contribution in [0, 0.1) is 0 Å². The Hall–Kier alpha value is -2.75. The van der Waals surface area contributed by atoms with Gasteiger partial charge < -0.3 is 15.2 Å². The Kier molecular flexibility index (Phi) is 4.56. The first-order valence-corrected chi connectivity index (χ1v) is 8.34. The van der Waals surface area contributed by atoms with Gasteiger partial charge in [0.05, 0.1) is 11.2 Å². The van der Waals surface area contributed by atoms with Gasteiger partial charge >= 0.3 is 6.03 Å². The standard InChI is InChI=1S/C20H23N3O/c1-4-23-13-18(17-7-5-6-8-19(17)23)22-20(24)21-16-11-9-15(10-12-16)14(2)3/h5-14H,4H2,1-3H3,(H2,21,22,24). The van der Waals surface area contributed by atoms with Gasteiger partial charge in [-0.25, -0.2) is 4.79 Å². The summed E-state index contributed by atoms with van der Waals surface area (Å²) in [7, 11) is 0. The van der Waals surface area contributed by atoms with E-state index in [-0.39, 0.29) is 6.03 Å². The topological polar surface area (TPSA) is 46.1 Å². The van der Waals surface area contributed by atoms with Crippen LogP contribution < -0.4 is 10.6 Å². The van der Waals surface area contributed by atoms with Gasteiger partial charge in [-0.05, 0) is 36.6 Å². The van der Waals surface area contributed by atoms with Crippen molar-refractivity contribution in [3.05, 3.63) is 60.3 Å². The Morgan fingerprint density at radius 1 is 1.04 bits per heavy atom. The molecule has 0 aliphatic rings. The number of aryl methyl sites for hydroxylation is 1. The number of aromatic nitrogens is 1. The molecule has 1 aromatic heterocycles. The van der Waals surface area contributed by atoms with Crippen LogP contribution in [0.2, 0.25) is 0 Å². The summed E-state index contributed by atoms with van der Waals surface area (Å²) in [4.78, 5) is 12.3. The quantitative estimate of drug-likeness (QED) is 0.661. The summed E-state index contributed by atoms with van der Waals surface area (Å²) in [6, 6.07) is 15.8. The number of nitrogens with one attached hydrogen (secondary N) is 2. The molecule has 2 amide bonds. The molecule has 2 N–H and O–H groups in total. The van der Waals surface area contributed by atoms with Gasteiger partial charge in [0.1, 0.15) is 0 Å². The van der Waals surface area contributed by atoms with E-state index in [1.165, 1.54) is 5.56 Å². The highest BCUT2D eigenvalue weighted by atomic mass is 16.2. The molecule has 0 aliphatic carbocycles. The Balaban J connectivity index is 1.75. The predicted octanol–water partition coefficient (Wildman–Crippen LogP) is 5.43. The number of carbonyl (C=O) groups excluding carboxylic acids is 1. The van der Waals surface area contributed by atoms with E-state index in [2.05, 4.69) is 42.0 Å². The molecule has 0 radical (unpaired) electrons. The largest absolute Gasteiger partial charge is 0.346 e. The second-order valence-corrected chi connectivity index (χ2v) is 6.20. The van der Waals surface area contributed by atoms with Crippen LogP contribution in [0.25, 0.3) is 10.9 Å². The Morgan fingerprint density at radius 3 is 2.42 bits per heavy atom. The van der Waals surface area contributed by atoms with Gasteiger partial charge in [0, 0.05) is 23.8 Å². The van der Waals surface area contributed by atoms with Crippen LogP contribution in [0.1, 0.15) is 32.3 Å². The van der Waals surface area contributed by atoms with Gasteiger partial charge in [0.25, 0.3) is 0 Å². The van der Waals surface area contributed by atoms with E-state index < -0.39 is 0 Å². The lowest BCUT2D eigenvalue weighted by Crippen LogP contribution is -2.19. The summed E-state index contributed by atoms with van der Waals surface area (Å²) in [5, 5.41) is 6.89. The molecule has 0 saturated heterocycles. The van der Waals surface area contributed by atoms with Gasteiger partial charge in [-0.2, -0.15) is 0 Å². The van der Waals surface area contributed by atoms with E-state index in [1.807, 2.05) is 48.7 Å². The average molecular weight is 321 g/mol. The molecule has 0 saturated carbocycles. The zero-order chi connectivity index (χ0) is 17.1. The fourth-order valence-electron chi connectivity index (χ4n) is 2.84. The van der Waals surface area contributed by atoms with Crippen LogP contribution >= 0.6 is 0 Å². The minimum absolute atomic E-state index is 0.230. The van der Waals surface area contributed by atoms with Gasteiger partial charge in [0.15, 0.2) is 0 Å². The van der Waals surface area contributed by atoms with E-state index in [4.69, 9.17) is 0 Å². The molecule has 0 aliphatic heterocycles. The van der Waals surface area contributed by atoms with Crippen LogP contribution in [0.15, 0.2) is 54.7 Å². The zero-order valence-electron chi connectivity index (χ0n) is 14.3. The van der Waals surface area contributed by atoms with E-state index in [9.17, 15) is 4.79 Å². The molecule has 0 atom stereocenters. The molecule has 0 spiro atoms. The SMILES string of the molecule is CCn1cc(NC(=O)Nc2ccc(C(C)C)cc2)c2ccccc21. The molecule has 124 valence electrons. The van der Waals surface area contributed by atoms with Crippen LogP contribution in [0.5, 0.6) is 0 Å². The highest BCUT2D eigenvalue weighted by Gasteiger charge is 2.10. The Labute approximate surface area is 142 Å². The zero-order valence-corrected chi connectivity index (χ0v) is 14.3. The minimum atomic E-state index is -0.230. The highest BCUT2D eigenvalue weighted by molar-refractivity contribution is 6.06. The number of para-hydroxylation sites is 1. The molecule has 3 rings (SSSR count). The van der Waals surface area contributed by atoms with E-state index in [1.54, 1.807) is 0 Å². The van der Waals surface area contributed by atoms with Crippen molar-refractivity contribution >= 4 is 28.3 Å². The molecule has 2 aromatic carbocycles. The number of carbonyl (C=O) groups is 1. The molecule has 0 unspecified atom stereocenters. The molecule has 4 nitrogen and oxygen atoms in total. The molecule has 1 heterocycles.